The molecule has 2 N–H and O–H groups in total. The number of nitrogens with one attached hydrogen (secondary N) is 1. The molecular weight excluding hydrogens is 468 g/mol. The maximum atomic E-state index is 13.7. The second-order valence-electron chi connectivity index (χ2n) is 6.11. The molecule has 0 saturated carbocycles. The first-order valence-electron chi connectivity index (χ1n) is 8.49. The average molecular weight is 482 g/mol. The summed E-state index contributed by atoms with van der Waals surface area (Å²) in [6.45, 7) is 1.91. The van der Waals surface area contributed by atoms with Gasteiger partial charge in [0, 0.05) is 17.4 Å². The van der Waals surface area contributed by atoms with Gasteiger partial charge in [-0.15, -0.1) is 0 Å². The highest BCUT2D eigenvalue weighted by Gasteiger charge is 2.40. The van der Waals surface area contributed by atoms with Crippen molar-refractivity contribution in [1.82, 2.24) is 19.7 Å². The molecule has 6 nitrogen and oxygen atoms in total. The van der Waals surface area contributed by atoms with Gasteiger partial charge in [-0.1, -0.05) is 41.7 Å². The minimum absolute atomic E-state index is 0.0406. The first-order chi connectivity index (χ1) is 14.1. The van der Waals surface area contributed by atoms with Crippen LogP contribution in [0.5, 0.6) is 0 Å². The van der Waals surface area contributed by atoms with Crippen molar-refractivity contribution in [3.63, 3.8) is 0 Å². The van der Waals surface area contributed by atoms with Gasteiger partial charge in [-0.05, 0) is 30.8 Å². The van der Waals surface area contributed by atoms with Crippen LogP contribution in [0.25, 0.3) is 11.4 Å². The Kier molecular flexibility index (Phi) is 6.49. The molecule has 0 aliphatic rings. The quantitative estimate of drug-likeness (QED) is 0.523. The van der Waals surface area contributed by atoms with E-state index in [4.69, 9.17) is 34.8 Å². The van der Waals surface area contributed by atoms with Crippen LogP contribution in [0.1, 0.15) is 24.4 Å². The number of hydrogen-bond acceptors (Lipinski definition) is 4. The maximum Gasteiger partial charge on any atom is 0.433 e. The molecule has 0 spiro atoms. The van der Waals surface area contributed by atoms with Crippen molar-refractivity contribution in [2.75, 3.05) is 6.54 Å². The van der Waals surface area contributed by atoms with Gasteiger partial charge in [0.05, 0.1) is 21.9 Å². The Labute approximate surface area is 183 Å². The fourth-order valence-corrected chi connectivity index (χ4v) is 3.39. The Morgan fingerprint density at radius 3 is 2.30 bits per heavy atom. The van der Waals surface area contributed by atoms with E-state index in [-0.39, 0.29) is 27.3 Å². The minimum Gasteiger partial charge on any atom is -0.374 e. The third kappa shape index (κ3) is 4.21. The number of halogens is 6. The van der Waals surface area contributed by atoms with Gasteiger partial charge in [0.15, 0.2) is 5.69 Å². The standard InChI is InChI=1S/C18H14Cl3F3N4O2/c1-2-25-16(29)11-7-26-28(15(11)18(22,23)24)10-5-3-9(4-6-10)27-8-12(19)13(20)14(21)17(27)30/h3-8,16,25,29H,2H2,1H3. The largest absolute Gasteiger partial charge is 0.433 e. The lowest BCUT2D eigenvalue weighted by molar-refractivity contribution is -0.144. The summed E-state index contributed by atoms with van der Waals surface area (Å²) in [5.41, 5.74) is -1.78. The monoisotopic (exact) mass is 480 g/mol. The van der Waals surface area contributed by atoms with E-state index in [0.29, 0.717) is 10.4 Å². The van der Waals surface area contributed by atoms with E-state index >= 15 is 0 Å². The fourth-order valence-electron chi connectivity index (χ4n) is 2.82. The third-order valence-corrected chi connectivity index (χ3v) is 5.41. The molecule has 0 aliphatic carbocycles. The molecule has 1 atom stereocenters. The molecule has 160 valence electrons. The molecule has 0 saturated heterocycles. The number of aliphatic hydroxyl groups is 1. The number of aromatic nitrogens is 3. The summed E-state index contributed by atoms with van der Waals surface area (Å²) in [5, 5.41) is 16.0. The summed E-state index contributed by atoms with van der Waals surface area (Å²) >= 11 is 17.7. The summed E-state index contributed by atoms with van der Waals surface area (Å²) in [6.07, 6.45) is -4.09. The number of nitrogens with zero attached hydrogens (tertiary/aromatic N) is 3. The van der Waals surface area contributed by atoms with Crippen molar-refractivity contribution in [3.8, 4) is 11.4 Å². The van der Waals surface area contributed by atoms with Gasteiger partial charge in [0.1, 0.15) is 11.3 Å². The average Bonchev–Trinajstić information content (AvgIpc) is 3.15. The number of rotatable bonds is 5. The molecule has 1 unspecified atom stereocenters. The lowest BCUT2D eigenvalue weighted by Crippen LogP contribution is -2.24. The number of pyridine rings is 1. The Morgan fingerprint density at radius 2 is 1.73 bits per heavy atom. The fraction of sp³-hybridized carbons (Fsp3) is 0.222. The van der Waals surface area contributed by atoms with Crippen LogP contribution < -0.4 is 10.9 Å². The van der Waals surface area contributed by atoms with E-state index in [9.17, 15) is 23.1 Å². The third-order valence-electron chi connectivity index (χ3n) is 4.18. The van der Waals surface area contributed by atoms with Crippen molar-refractivity contribution < 1.29 is 18.3 Å². The van der Waals surface area contributed by atoms with E-state index in [1.54, 1.807) is 6.92 Å². The zero-order valence-electron chi connectivity index (χ0n) is 15.2. The topological polar surface area (TPSA) is 72.1 Å². The van der Waals surface area contributed by atoms with Gasteiger partial charge in [-0.3, -0.25) is 14.7 Å². The van der Waals surface area contributed by atoms with E-state index in [0.717, 1.165) is 10.8 Å². The van der Waals surface area contributed by atoms with Crippen LogP contribution in [0.15, 0.2) is 41.5 Å². The van der Waals surface area contributed by atoms with E-state index in [1.165, 1.54) is 30.5 Å². The van der Waals surface area contributed by atoms with Crippen LogP contribution in [0, 0.1) is 0 Å². The molecule has 3 rings (SSSR count). The van der Waals surface area contributed by atoms with Crippen LogP contribution >= 0.6 is 34.8 Å². The van der Waals surface area contributed by atoms with Crippen molar-refractivity contribution in [2.45, 2.75) is 19.3 Å². The predicted octanol–water partition coefficient (Wildman–Crippen LogP) is 4.60. The molecule has 12 heteroatoms. The molecule has 0 amide bonds. The number of aliphatic hydroxyl groups excluding tert-OH is 1. The van der Waals surface area contributed by atoms with Gasteiger partial charge in [-0.25, -0.2) is 4.68 Å². The molecule has 2 heterocycles. The Morgan fingerprint density at radius 1 is 1.13 bits per heavy atom. The summed E-state index contributed by atoms with van der Waals surface area (Å²) in [4.78, 5) is 12.3. The van der Waals surface area contributed by atoms with Crippen LogP contribution in [-0.4, -0.2) is 26.0 Å². The lowest BCUT2D eigenvalue weighted by Gasteiger charge is -2.16. The van der Waals surface area contributed by atoms with E-state index in [2.05, 4.69) is 10.4 Å². The smallest absolute Gasteiger partial charge is 0.374 e. The molecule has 30 heavy (non-hydrogen) atoms. The highest BCUT2D eigenvalue weighted by atomic mass is 35.5. The van der Waals surface area contributed by atoms with Crippen molar-refractivity contribution in [1.29, 1.82) is 0 Å². The second-order valence-corrected chi connectivity index (χ2v) is 7.28. The highest BCUT2D eigenvalue weighted by Crippen LogP contribution is 2.36. The molecule has 2 aromatic heterocycles. The minimum atomic E-state index is -4.77. The zero-order chi connectivity index (χ0) is 22.2. The summed E-state index contributed by atoms with van der Waals surface area (Å²) in [5.74, 6) is 0. The van der Waals surface area contributed by atoms with Gasteiger partial charge >= 0.3 is 6.18 Å². The maximum absolute atomic E-state index is 13.7. The first-order valence-corrected chi connectivity index (χ1v) is 9.63. The van der Waals surface area contributed by atoms with Gasteiger partial charge in [0.2, 0.25) is 0 Å². The van der Waals surface area contributed by atoms with Crippen LogP contribution in [0.4, 0.5) is 13.2 Å². The molecular formula is C18H14Cl3F3N4O2. The normalized spacial score (nSPS) is 12.9. The lowest BCUT2D eigenvalue weighted by atomic mass is 10.2. The van der Waals surface area contributed by atoms with Gasteiger partial charge in [-0.2, -0.15) is 18.3 Å². The van der Waals surface area contributed by atoms with Crippen LogP contribution in [0.2, 0.25) is 15.1 Å². The van der Waals surface area contributed by atoms with Crippen molar-refractivity contribution in [2.24, 2.45) is 0 Å². The van der Waals surface area contributed by atoms with Crippen molar-refractivity contribution in [3.05, 3.63) is 73.3 Å². The predicted molar refractivity (Wildman–Crippen MR) is 108 cm³/mol. The molecule has 0 aliphatic heterocycles. The molecule has 1 aromatic carbocycles. The Bertz CT molecular complexity index is 1130. The SMILES string of the molecule is CCNC(O)c1cnn(-c2ccc(-n3cc(Cl)c(Cl)c(Cl)c3=O)cc2)c1C(F)(F)F. The highest BCUT2D eigenvalue weighted by molar-refractivity contribution is 6.47. The summed E-state index contributed by atoms with van der Waals surface area (Å²) < 4.78 is 42.8. The van der Waals surface area contributed by atoms with E-state index < -0.39 is 29.2 Å². The van der Waals surface area contributed by atoms with Gasteiger partial charge < -0.3 is 5.11 Å². The first kappa shape index (κ1) is 22.6. The van der Waals surface area contributed by atoms with Crippen LogP contribution in [0.3, 0.4) is 0 Å². The Balaban J connectivity index is 2.07. The second kappa shape index (κ2) is 8.60. The number of benzene rings is 1. The number of hydrogen-bond donors (Lipinski definition) is 2. The van der Waals surface area contributed by atoms with Gasteiger partial charge in [0.25, 0.3) is 5.56 Å². The summed E-state index contributed by atoms with van der Waals surface area (Å²) in [7, 11) is 0. The molecule has 0 radical (unpaired) electrons. The Hall–Kier alpha value is -2.04. The molecule has 3 aromatic rings. The van der Waals surface area contributed by atoms with E-state index in [1.807, 2.05) is 0 Å². The summed E-state index contributed by atoms with van der Waals surface area (Å²) in [6, 6.07) is 5.48. The molecule has 0 fully saturated rings. The van der Waals surface area contributed by atoms with Crippen molar-refractivity contribution >= 4 is 34.8 Å². The molecule has 0 bridgehead atoms. The number of alkyl halides is 3. The zero-order valence-corrected chi connectivity index (χ0v) is 17.5. The van der Waals surface area contributed by atoms with Crippen LogP contribution in [-0.2, 0) is 6.18 Å².